The molecule has 3 aromatic rings. The van der Waals surface area contributed by atoms with Crippen LogP contribution in [0.25, 0.3) is 16.9 Å². The third kappa shape index (κ3) is 4.66. The zero-order valence-electron chi connectivity index (χ0n) is 16.1. The normalized spacial score (nSPS) is 10.9. The van der Waals surface area contributed by atoms with Crippen molar-refractivity contribution in [3.05, 3.63) is 76.2 Å². The molecule has 0 saturated carbocycles. The molecule has 0 radical (unpaired) electrons. The van der Waals surface area contributed by atoms with Crippen molar-refractivity contribution in [2.75, 3.05) is 6.54 Å². The van der Waals surface area contributed by atoms with E-state index in [0.29, 0.717) is 18.2 Å². The number of halogens is 1. The Labute approximate surface area is 167 Å². The first-order chi connectivity index (χ1) is 13.9. The Morgan fingerprint density at radius 2 is 1.97 bits per heavy atom. The zero-order chi connectivity index (χ0) is 21.0. The summed E-state index contributed by atoms with van der Waals surface area (Å²) in [5.74, 6) is -0.429. The van der Waals surface area contributed by atoms with Crippen molar-refractivity contribution in [2.24, 2.45) is 5.92 Å². The third-order valence-corrected chi connectivity index (χ3v) is 4.38. The molecule has 150 valence electrons. The number of aromatic nitrogens is 2. The molecule has 0 saturated heterocycles. The number of amides is 1. The van der Waals surface area contributed by atoms with Gasteiger partial charge in [0.25, 0.3) is 11.6 Å². The molecule has 0 aliphatic rings. The summed E-state index contributed by atoms with van der Waals surface area (Å²) in [6, 6.07) is 13.4. The van der Waals surface area contributed by atoms with Crippen molar-refractivity contribution in [1.82, 2.24) is 15.1 Å². The van der Waals surface area contributed by atoms with Gasteiger partial charge in [-0.25, -0.2) is 9.07 Å². The predicted molar refractivity (Wildman–Crippen MR) is 107 cm³/mol. The molecule has 0 aliphatic carbocycles. The maximum Gasteiger partial charge on any atom is 0.271 e. The molecule has 0 spiro atoms. The van der Waals surface area contributed by atoms with E-state index in [9.17, 15) is 19.3 Å². The van der Waals surface area contributed by atoms with Gasteiger partial charge in [-0.2, -0.15) is 5.10 Å². The highest BCUT2D eigenvalue weighted by Gasteiger charge is 2.20. The maximum atomic E-state index is 14.2. The predicted octanol–water partition coefficient (Wildman–Crippen LogP) is 4.36. The van der Waals surface area contributed by atoms with Gasteiger partial charge in [0.1, 0.15) is 11.5 Å². The van der Waals surface area contributed by atoms with Gasteiger partial charge >= 0.3 is 0 Å². The molecule has 0 unspecified atom stereocenters. The molecule has 29 heavy (non-hydrogen) atoms. The van der Waals surface area contributed by atoms with Crippen molar-refractivity contribution >= 4 is 11.6 Å². The van der Waals surface area contributed by atoms with Crippen LogP contribution in [0.4, 0.5) is 10.1 Å². The van der Waals surface area contributed by atoms with Crippen LogP contribution in [0.5, 0.6) is 0 Å². The number of nitrogens with zero attached hydrogens (tertiary/aromatic N) is 3. The Kier molecular flexibility index (Phi) is 6.01. The molecule has 1 amide bonds. The Balaban J connectivity index is 2.05. The zero-order valence-corrected chi connectivity index (χ0v) is 16.1. The van der Waals surface area contributed by atoms with Crippen LogP contribution in [0.1, 0.15) is 30.8 Å². The molecule has 0 atom stereocenters. The monoisotopic (exact) mass is 396 g/mol. The van der Waals surface area contributed by atoms with Gasteiger partial charge in [-0.05, 0) is 36.6 Å². The summed E-state index contributed by atoms with van der Waals surface area (Å²) in [5.41, 5.74) is 0.899. The average Bonchev–Trinajstić information content (AvgIpc) is 3.13. The lowest BCUT2D eigenvalue weighted by molar-refractivity contribution is -0.384. The summed E-state index contributed by atoms with van der Waals surface area (Å²) < 4.78 is 15.5. The fourth-order valence-electron chi connectivity index (χ4n) is 2.84. The molecular weight excluding hydrogens is 375 g/mol. The van der Waals surface area contributed by atoms with E-state index < -0.39 is 10.7 Å². The van der Waals surface area contributed by atoms with Gasteiger partial charge in [0.15, 0.2) is 0 Å². The Morgan fingerprint density at radius 1 is 1.21 bits per heavy atom. The van der Waals surface area contributed by atoms with Crippen LogP contribution >= 0.6 is 0 Å². The van der Waals surface area contributed by atoms with Crippen molar-refractivity contribution < 1.29 is 14.1 Å². The molecule has 7 nitrogen and oxygen atoms in total. The lowest BCUT2D eigenvalue weighted by atomic mass is 10.1. The van der Waals surface area contributed by atoms with Gasteiger partial charge < -0.3 is 5.32 Å². The second-order valence-corrected chi connectivity index (χ2v) is 7.02. The number of carbonyl (C=O) groups excluding carboxylic acids is 1. The van der Waals surface area contributed by atoms with E-state index in [1.165, 1.54) is 35.0 Å². The maximum absolute atomic E-state index is 14.2. The van der Waals surface area contributed by atoms with Crippen molar-refractivity contribution in [2.45, 2.75) is 20.3 Å². The van der Waals surface area contributed by atoms with E-state index in [2.05, 4.69) is 24.3 Å². The minimum atomic E-state index is -0.521. The van der Waals surface area contributed by atoms with Gasteiger partial charge in [-0.3, -0.25) is 14.9 Å². The Morgan fingerprint density at radius 3 is 2.66 bits per heavy atom. The van der Waals surface area contributed by atoms with Crippen LogP contribution in [0.15, 0.2) is 54.6 Å². The number of nitro benzene ring substituents is 1. The van der Waals surface area contributed by atoms with Gasteiger partial charge in [0.2, 0.25) is 0 Å². The summed E-state index contributed by atoms with van der Waals surface area (Å²) in [5, 5.41) is 18.3. The molecule has 8 heteroatoms. The number of hydrogen-bond acceptors (Lipinski definition) is 4. The summed E-state index contributed by atoms with van der Waals surface area (Å²) >= 11 is 0. The SMILES string of the molecule is CC(C)CCNC(=O)c1cc(-c2ccccc2F)nn1-c1cccc([N+](=O)[O-])c1. The summed E-state index contributed by atoms with van der Waals surface area (Å²) in [6.45, 7) is 4.58. The van der Waals surface area contributed by atoms with Gasteiger partial charge in [-0.1, -0.05) is 32.0 Å². The van der Waals surface area contributed by atoms with Gasteiger partial charge in [-0.15, -0.1) is 0 Å². The highest BCUT2D eigenvalue weighted by Crippen LogP contribution is 2.25. The first kappa shape index (κ1) is 20.2. The third-order valence-electron chi connectivity index (χ3n) is 4.38. The number of rotatable bonds is 7. The molecule has 0 fully saturated rings. The second-order valence-electron chi connectivity index (χ2n) is 7.02. The molecule has 2 aromatic carbocycles. The quantitative estimate of drug-likeness (QED) is 0.474. The highest BCUT2D eigenvalue weighted by molar-refractivity contribution is 5.94. The number of non-ortho nitro benzene ring substituents is 1. The van der Waals surface area contributed by atoms with E-state index in [-0.39, 0.29) is 28.5 Å². The minimum Gasteiger partial charge on any atom is -0.351 e. The largest absolute Gasteiger partial charge is 0.351 e. The smallest absolute Gasteiger partial charge is 0.271 e. The Bertz CT molecular complexity index is 1050. The topological polar surface area (TPSA) is 90.1 Å². The number of carbonyl (C=O) groups is 1. The van der Waals surface area contributed by atoms with Crippen LogP contribution in [0, 0.1) is 21.8 Å². The summed E-state index contributed by atoms with van der Waals surface area (Å²) in [7, 11) is 0. The fourth-order valence-corrected chi connectivity index (χ4v) is 2.84. The van der Waals surface area contributed by atoms with Crippen LogP contribution in [-0.4, -0.2) is 27.2 Å². The molecule has 0 aliphatic heterocycles. The number of hydrogen-bond donors (Lipinski definition) is 1. The lowest BCUT2D eigenvalue weighted by Crippen LogP contribution is -2.27. The number of nitrogens with one attached hydrogen (secondary N) is 1. The molecular formula is C21H21FN4O3. The van der Waals surface area contributed by atoms with E-state index in [1.54, 1.807) is 24.3 Å². The number of nitro groups is 1. The van der Waals surface area contributed by atoms with Gasteiger partial charge in [0, 0.05) is 24.2 Å². The minimum absolute atomic E-state index is 0.128. The lowest BCUT2D eigenvalue weighted by Gasteiger charge is -2.09. The van der Waals surface area contributed by atoms with E-state index in [4.69, 9.17) is 0 Å². The van der Waals surface area contributed by atoms with Crippen LogP contribution in [-0.2, 0) is 0 Å². The molecule has 1 N–H and O–H groups in total. The van der Waals surface area contributed by atoms with E-state index >= 15 is 0 Å². The van der Waals surface area contributed by atoms with E-state index in [0.717, 1.165) is 6.42 Å². The highest BCUT2D eigenvalue weighted by atomic mass is 19.1. The standard InChI is InChI=1S/C21H21FN4O3/c1-14(2)10-11-23-21(27)20-13-19(17-8-3-4-9-18(17)22)24-25(20)15-6-5-7-16(12-15)26(28)29/h3-9,12-14H,10-11H2,1-2H3,(H,23,27). The first-order valence-electron chi connectivity index (χ1n) is 9.25. The van der Waals surface area contributed by atoms with Gasteiger partial charge in [0.05, 0.1) is 16.3 Å². The van der Waals surface area contributed by atoms with Crippen LogP contribution in [0.2, 0.25) is 0 Å². The van der Waals surface area contributed by atoms with Crippen molar-refractivity contribution in [1.29, 1.82) is 0 Å². The van der Waals surface area contributed by atoms with Crippen LogP contribution in [0.3, 0.4) is 0 Å². The second kappa shape index (κ2) is 8.64. The van der Waals surface area contributed by atoms with E-state index in [1.807, 2.05) is 0 Å². The summed E-state index contributed by atoms with van der Waals surface area (Å²) in [6.07, 6.45) is 0.802. The van der Waals surface area contributed by atoms with Crippen LogP contribution < -0.4 is 5.32 Å². The number of benzene rings is 2. The summed E-state index contributed by atoms with van der Waals surface area (Å²) in [4.78, 5) is 23.4. The molecule has 1 heterocycles. The average molecular weight is 396 g/mol. The molecule has 0 bridgehead atoms. The fraction of sp³-hybridized carbons (Fsp3) is 0.238. The van der Waals surface area contributed by atoms with Crippen molar-refractivity contribution in [3.63, 3.8) is 0 Å². The Hall–Kier alpha value is -3.55. The van der Waals surface area contributed by atoms with Crippen molar-refractivity contribution in [3.8, 4) is 16.9 Å². The molecule has 1 aromatic heterocycles. The first-order valence-corrected chi connectivity index (χ1v) is 9.25. The molecule has 3 rings (SSSR count).